The molecule has 0 atom stereocenters. The Morgan fingerprint density at radius 2 is 1.83 bits per heavy atom. The number of nitrogens with zero attached hydrogens (tertiary/aromatic N) is 1. The molecule has 0 unspecified atom stereocenters. The van der Waals surface area contributed by atoms with Crippen LogP contribution in [0.25, 0.3) is 0 Å². The number of rotatable bonds is 0. The van der Waals surface area contributed by atoms with E-state index in [1.54, 1.807) is 4.90 Å². The number of hydrogen-bond donors (Lipinski definition) is 1. The van der Waals surface area contributed by atoms with Crippen LogP contribution in [0.4, 0.5) is 10.5 Å². The largest absolute Gasteiger partial charge is 0.444 e. The van der Waals surface area contributed by atoms with Crippen LogP contribution in [0.3, 0.4) is 0 Å². The number of ether oxygens (including phenoxy) is 1. The van der Waals surface area contributed by atoms with E-state index in [1.807, 2.05) is 39.0 Å². The lowest BCUT2D eigenvalue weighted by molar-refractivity contribution is -0.116. The molecule has 1 N–H and O–H groups in total. The van der Waals surface area contributed by atoms with Gasteiger partial charge in [-0.25, -0.2) is 4.79 Å². The summed E-state index contributed by atoms with van der Waals surface area (Å²) in [6.07, 6.45) is 2.84. The Balaban J connectivity index is 1.77. The van der Waals surface area contributed by atoms with Gasteiger partial charge in [0.15, 0.2) is 0 Å². The first-order valence-electron chi connectivity index (χ1n) is 8.66. The first-order valence-corrected chi connectivity index (χ1v) is 8.66. The number of carbonyl (C=O) groups is 2. The quantitative estimate of drug-likeness (QED) is 0.789. The van der Waals surface area contributed by atoms with E-state index in [2.05, 4.69) is 11.4 Å². The third-order valence-electron chi connectivity index (χ3n) is 4.98. The van der Waals surface area contributed by atoms with Crippen LogP contribution in [0, 0.1) is 0 Å². The Labute approximate surface area is 143 Å². The van der Waals surface area contributed by atoms with Crippen molar-refractivity contribution in [3.8, 4) is 0 Å². The van der Waals surface area contributed by atoms with Gasteiger partial charge in [0.25, 0.3) is 0 Å². The van der Waals surface area contributed by atoms with Crippen LogP contribution in [-0.4, -0.2) is 35.6 Å². The van der Waals surface area contributed by atoms with E-state index in [1.165, 1.54) is 5.56 Å². The molecule has 0 bridgehead atoms. The maximum absolute atomic E-state index is 12.3. The van der Waals surface area contributed by atoms with Gasteiger partial charge in [-0.3, -0.25) is 4.79 Å². The summed E-state index contributed by atoms with van der Waals surface area (Å²) in [6.45, 7) is 6.98. The summed E-state index contributed by atoms with van der Waals surface area (Å²) in [7, 11) is 0. The first kappa shape index (κ1) is 16.8. The van der Waals surface area contributed by atoms with E-state index in [-0.39, 0.29) is 17.4 Å². The Kier molecular flexibility index (Phi) is 4.28. The van der Waals surface area contributed by atoms with Gasteiger partial charge in [-0.1, -0.05) is 18.2 Å². The fraction of sp³-hybridized carbons (Fsp3) is 0.579. The highest BCUT2D eigenvalue weighted by Crippen LogP contribution is 2.44. The monoisotopic (exact) mass is 330 g/mol. The molecule has 0 aliphatic carbocycles. The Morgan fingerprint density at radius 3 is 2.50 bits per heavy atom. The van der Waals surface area contributed by atoms with Crippen molar-refractivity contribution in [2.45, 2.75) is 57.5 Å². The van der Waals surface area contributed by atoms with Crippen molar-refractivity contribution in [3.05, 3.63) is 29.8 Å². The van der Waals surface area contributed by atoms with Crippen molar-refractivity contribution in [1.82, 2.24) is 4.90 Å². The summed E-state index contributed by atoms with van der Waals surface area (Å²) in [5.41, 5.74) is 1.62. The smallest absolute Gasteiger partial charge is 0.410 e. The molecule has 5 nitrogen and oxygen atoms in total. The van der Waals surface area contributed by atoms with Gasteiger partial charge < -0.3 is 15.0 Å². The zero-order valence-corrected chi connectivity index (χ0v) is 14.7. The van der Waals surface area contributed by atoms with Crippen LogP contribution in [0.1, 0.15) is 52.0 Å². The van der Waals surface area contributed by atoms with Gasteiger partial charge in [-0.15, -0.1) is 0 Å². The molecule has 1 saturated heterocycles. The number of benzene rings is 1. The molecule has 2 aliphatic rings. The third kappa shape index (κ3) is 3.40. The van der Waals surface area contributed by atoms with Crippen molar-refractivity contribution in [2.24, 2.45) is 0 Å². The highest BCUT2D eigenvalue weighted by atomic mass is 16.6. The SMILES string of the molecule is CC(C)(C)OC(=O)N1CCC2(CCC(=O)Nc3ccccc32)CC1. The molecule has 0 saturated carbocycles. The van der Waals surface area contributed by atoms with Crippen LogP contribution < -0.4 is 5.32 Å². The summed E-state index contributed by atoms with van der Waals surface area (Å²) in [4.78, 5) is 26.1. The summed E-state index contributed by atoms with van der Waals surface area (Å²) in [5, 5.41) is 3.01. The molecular formula is C19H26N2O3. The highest BCUT2D eigenvalue weighted by Gasteiger charge is 2.41. The Morgan fingerprint density at radius 1 is 1.17 bits per heavy atom. The molecule has 1 fully saturated rings. The molecule has 5 heteroatoms. The van der Waals surface area contributed by atoms with Crippen molar-refractivity contribution >= 4 is 17.7 Å². The van der Waals surface area contributed by atoms with Gasteiger partial charge in [-0.05, 0) is 51.7 Å². The van der Waals surface area contributed by atoms with E-state index >= 15 is 0 Å². The molecule has 2 aliphatic heterocycles. The van der Waals surface area contributed by atoms with Crippen LogP contribution in [0.5, 0.6) is 0 Å². The number of fused-ring (bicyclic) bond motifs is 2. The second kappa shape index (κ2) is 6.11. The van der Waals surface area contributed by atoms with Gasteiger partial charge in [0.05, 0.1) is 0 Å². The first-order chi connectivity index (χ1) is 11.3. The predicted octanol–water partition coefficient (Wildman–Crippen LogP) is 3.69. The average molecular weight is 330 g/mol. The molecule has 0 aromatic heterocycles. The standard InChI is InChI=1S/C19H26N2O3/c1-18(2,3)24-17(23)21-12-10-19(11-13-21)9-8-16(22)20-15-7-5-4-6-14(15)19/h4-7H,8-13H2,1-3H3,(H,20,22). The van der Waals surface area contributed by atoms with Crippen LogP contribution in [0.15, 0.2) is 24.3 Å². The number of piperidine rings is 1. The average Bonchev–Trinajstić information content (AvgIpc) is 2.64. The minimum absolute atomic E-state index is 0.0335. The highest BCUT2D eigenvalue weighted by molar-refractivity contribution is 5.92. The van der Waals surface area contributed by atoms with Gasteiger partial charge in [0.2, 0.25) is 5.91 Å². The zero-order chi connectivity index (χ0) is 17.4. The Hall–Kier alpha value is -2.04. The number of likely N-dealkylation sites (tertiary alicyclic amines) is 1. The number of nitrogens with one attached hydrogen (secondary N) is 1. The minimum atomic E-state index is -0.475. The lowest BCUT2D eigenvalue weighted by Gasteiger charge is -2.42. The van der Waals surface area contributed by atoms with Gasteiger partial charge >= 0.3 is 6.09 Å². The van der Waals surface area contributed by atoms with E-state index in [0.29, 0.717) is 19.5 Å². The lowest BCUT2D eigenvalue weighted by Crippen LogP contribution is -2.46. The van der Waals surface area contributed by atoms with Gasteiger partial charge in [0.1, 0.15) is 5.60 Å². The van der Waals surface area contributed by atoms with Crippen LogP contribution >= 0.6 is 0 Å². The molecular weight excluding hydrogens is 304 g/mol. The molecule has 1 aromatic carbocycles. The van der Waals surface area contributed by atoms with E-state index in [0.717, 1.165) is 24.9 Å². The maximum Gasteiger partial charge on any atom is 0.410 e. The fourth-order valence-corrected chi connectivity index (χ4v) is 3.72. The van der Waals surface area contributed by atoms with Crippen LogP contribution in [0.2, 0.25) is 0 Å². The zero-order valence-electron chi connectivity index (χ0n) is 14.7. The topological polar surface area (TPSA) is 58.6 Å². The summed E-state index contributed by atoms with van der Waals surface area (Å²) in [6, 6.07) is 8.07. The molecule has 24 heavy (non-hydrogen) atoms. The molecule has 1 spiro atoms. The normalized spacial score (nSPS) is 20.1. The Bertz CT molecular complexity index is 640. The summed E-state index contributed by atoms with van der Waals surface area (Å²) < 4.78 is 5.48. The van der Waals surface area contributed by atoms with Crippen molar-refractivity contribution in [1.29, 1.82) is 0 Å². The lowest BCUT2D eigenvalue weighted by atomic mass is 9.70. The molecule has 2 amide bonds. The van der Waals surface area contributed by atoms with Gasteiger partial charge in [-0.2, -0.15) is 0 Å². The number of anilines is 1. The van der Waals surface area contributed by atoms with E-state index in [9.17, 15) is 9.59 Å². The maximum atomic E-state index is 12.3. The van der Waals surface area contributed by atoms with Crippen molar-refractivity contribution < 1.29 is 14.3 Å². The number of amides is 2. The fourth-order valence-electron chi connectivity index (χ4n) is 3.72. The number of para-hydroxylation sites is 1. The second-order valence-electron chi connectivity index (χ2n) is 7.84. The van der Waals surface area contributed by atoms with E-state index in [4.69, 9.17) is 4.74 Å². The molecule has 0 radical (unpaired) electrons. The predicted molar refractivity (Wildman–Crippen MR) is 93.0 cm³/mol. The third-order valence-corrected chi connectivity index (χ3v) is 4.98. The molecule has 1 aromatic rings. The second-order valence-corrected chi connectivity index (χ2v) is 7.84. The van der Waals surface area contributed by atoms with Crippen molar-refractivity contribution in [3.63, 3.8) is 0 Å². The van der Waals surface area contributed by atoms with Crippen LogP contribution in [-0.2, 0) is 14.9 Å². The van der Waals surface area contributed by atoms with Crippen molar-refractivity contribution in [2.75, 3.05) is 18.4 Å². The molecule has 2 heterocycles. The number of hydrogen-bond acceptors (Lipinski definition) is 3. The van der Waals surface area contributed by atoms with E-state index < -0.39 is 5.60 Å². The minimum Gasteiger partial charge on any atom is -0.444 e. The summed E-state index contributed by atoms with van der Waals surface area (Å²) >= 11 is 0. The number of carbonyl (C=O) groups excluding carboxylic acids is 2. The van der Waals surface area contributed by atoms with Gasteiger partial charge in [0, 0.05) is 30.6 Å². The molecule has 3 rings (SSSR count). The summed E-state index contributed by atoms with van der Waals surface area (Å²) in [5.74, 6) is 0.0777. The molecule has 130 valence electrons.